The van der Waals surface area contributed by atoms with Crippen LogP contribution in [0, 0.1) is 11.6 Å². The summed E-state index contributed by atoms with van der Waals surface area (Å²) in [6.07, 6.45) is 0.315. The Morgan fingerprint density at radius 2 is 1.85 bits per heavy atom. The summed E-state index contributed by atoms with van der Waals surface area (Å²) in [5, 5.41) is 0. The SMILES string of the molecule is NNC(COc1ccccc1)Cc1ccc(F)cc1F. The first-order valence-electron chi connectivity index (χ1n) is 6.27. The molecule has 0 radical (unpaired) electrons. The molecule has 0 aliphatic carbocycles. The predicted octanol–water partition coefficient (Wildman–Crippen LogP) is 2.42. The van der Waals surface area contributed by atoms with Crippen molar-refractivity contribution >= 4 is 0 Å². The molecule has 0 aliphatic rings. The molecule has 0 fully saturated rings. The Kier molecular flexibility index (Phi) is 5.03. The van der Waals surface area contributed by atoms with Gasteiger partial charge in [-0.15, -0.1) is 0 Å². The van der Waals surface area contributed by atoms with Crippen LogP contribution in [0.2, 0.25) is 0 Å². The molecule has 2 aromatic rings. The maximum Gasteiger partial charge on any atom is 0.129 e. The van der Waals surface area contributed by atoms with E-state index in [1.54, 1.807) is 0 Å². The van der Waals surface area contributed by atoms with E-state index in [1.807, 2.05) is 30.3 Å². The minimum Gasteiger partial charge on any atom is -0.492 e. The number of benzene rings is 2. The van der Waals surface area contributed by atoms with E-state index in [-0.39, 0.29) is 12.6 Å². The van der Waals surface area contributed by atoms with Crippen LogP contribution in [0.5, 0.6) is 5.75 Å². The molecule has 0 saturated heterocycles. The van der Waals surface area contributed by atoms with Crippen LogP contribution in [0.4, 0.5) is 8.78 Å². The van der Waals surface area contributed by atoms with Crippen molar-refractivity contribution in [1.82, 2.24) is 5.43 Å². The number of halogens is 2. The molecule has 2 rings (SSSR count). The Labute approximate surface area is 116 Å². The Hall–Kier alpha value is -1.98. The summed E-state index contributed by atoms with van der Waals surface area (Å²) in [6.45, 7) is 0.289. The molecular formula is C15H16F2N2O. The Morgan fingerprint density at radius 1 is 1.10 bits per heavy atom. The summed E-state index contributed by atoms with van der Waals surface area (Å²) in [4.78, 5) is 0. The van der Waals surface area contributed by atoms with Crippen LogP contribution in [-0.2, 0) is 6.42 Å². The molecule has 0 bridgehead atoms. The molecule has 0 saturated carbocycles. The lowest BCUT2D eigenvalue weighted by Crippen LogP contribution is -2.41. The van der Waals surface area contributed by atoms with E-state index in [0.717, 1.165) is 6.07 Å². The number of para-hydroxylation sites is 1. The van der Waals surface area contributed by atoms with Gasteiger partial charge in [0.25, 0.3) is 0 Å². The van der Waals surface area contributed by atoms with Crippen LogP contribution < -0.4 is 16.0 Å². The van der Waals surface area contributed by atoms with Crippen molar-refractivity contribution in [3.63, 3.8) is 0 Å². The number of ether oxygens (including phenoxy) is 1. The van der Waals surface area contributed by atoms with Crippen molar-refractivity contribution in [2.75, 3.05) is 6.61 Å². The fourth-order valence-corrected chi connectivity index (χ4v) is 1.83. The van der Waals surface area contributed by atoms with Crippen molar-refractivity contribution in [2.45, 2.75) is 12.5 Å². The molecule has 0 spiro atoms. The Bertz CT molecular complexity index is 549. The highest BCUT2D eigenvalue weighted by Crippen LogP contribution is 2.13. The van der Waals surface area contributed by atoms with Crippen molar-refractivity contribution in [1.29, 1.82) is 0 Å². The van der Waals surface area contributed by atoms with Gasteiger partial charge in [0, 0.05) is 6.07 Å². The standard InChI is InChI=1S/C15H16F2N2O/c16-12-7-6-11(15(17)9-12)8-13(19-18)10-20-14-4-2-1-3-5-14/h1-7,9,13,19H,8,10,18H2. The second kappa shape index (κ2) is 6.98. The van der Waals surface area contributed by atoms with Gasteiger partial charge >= 0.3 is 0 Å². The number of nitrogens with two attached hydrogens (primary N) is 1. The molecule has 0 amide bonds. The highest BCUT2D eigenvalue weighted by molar-refractivity contribution is 5.22. The van der Waals surface area contributed by atoms with Gasteiger partial charge in [0.1, 0.15) is 24.0 Å². The summed E-state index contributed by atoms with van der Waals surface area (Å²) in [5.74, 6) is 4.98. The van der Waals surface area contributed by atoms with Gasteiger partial charge in [0.15, 0.2) is 0 Å². The Morgan fingerprint density at radius 3 is 2.50 bits per heavy atom. The monoisotopic (exact) mass is 278 g/mol. The quantitative estimate of drug-likeness (QED) is 0.630. The highest BCUT2D eigenvalue weighted by atomic mass is 19.1. The van der Waals surface area contributed by atoms with Crippen molar-refractivity contribution < 1.29 is 13.5 Å². The van der Waals surface area contributed by atoms with E-state index in [1.165, 1.54) is 12.1 Å². The first kappa shape index (κ1) is 14.4. The average molecular weight is 278 g/mol. The predicted molar refractivity (Wildman–Crippen MR) is 73.1 cm³/mol. The molecular weight excluding hydrogens is 262 g/mol. The second-order valence-electron chi connectivity index (χ2n) is 4.43. The highest BCUT2D eigenvalue weighted by Gasteiger charge is 2.12. The number of rotatable bonds is 6. The maximum atomic E-state index is 13.6. The molecule has 5 heteroatoms. The van der Waals surface area contributed by atoms with Crippen molar-refractivity contribution in [3.05, 3.63) is 65.7 Å². The smallest absolute Gasteiger partial charge is 0.129 e. The molecule has 106 valence electrons. The average Bonchev–Trinajstić information content (AvgIpc) is 2.46. The van der Waals surface area contributed by atoms with Gasteiger partial charge in [0.05, 0.1) is 6.04 Å². The topological polar surface area (TPSA) is 47.3 Å². The Balaban J connectivity index is 1.95. The van der Waals surface area contributed by atoms with E-state index in [2.05, 4.69) is 5.43 Å². The third-order valence-electron chi connectivity index (χ3n) is 2.91. The zero-order valence-electron chi connectivity index (χ0n) is 10.9. The molecule has 0 heterocycles. The lowest BCUT2D eigenvalue weighted by atomic mass is 10.1. The molecule has 1 unspecified atom stereocenters. The minimum atomic E-state index is -0.593. The van der Waals surface area contributed by atoms with E-state index in [0.29, 0.717) is 17.7 Å². The molecule has 0 aliphatic heterocycles. The summed E-state index contributed by atoms with van der Waals surface area (Å²) in [7, 11) is 0. The summed E-state index contributed by atoms with van der Waals surface area (Å²) in [6, 6.07) is 12.5. The van der Waals surface area contributed by atoms with Gasteiger partial charge < -0.3 is 4.74 Å². The van der Waals surface area contributed by atoms with Crippen LogP contribution in [0.1, 0.15) is 5.56 Å². The first-order chi connectivity index (χ1) is 9.69. The third-order valence-corrected chi connectivity index (χ3v) is 2.91. The van der Waals surface area contributed by atoms with Crippen LogP contribution >= 0.6 is 0 Å². The van der Waals surface area contributed by atoms with E-state index in [4.69, 9.17) is 10.6 Å². The van der Waals surface area contributed by atoms with Gasteiger partial charge in [-0.25, -0.2) is 8.78 Å². The van der Waals surface area contributed by atoms with Gasteiger partial charge in [-0.05, 0) is 30.2 Å². The normalized spacial score (nSPS) is 12.2. The van der Waals surface area contributed by atoms with Crippen LogP contribution in [-0.4, -0.2) is 12.6 Å². The number of hydrogen-bond acceptors (Lipinski definition) is 3. The summed E-state index contributed by atoms with van der Waals surface area (Å²) < 4.78 is 31.9. The zero-order chi connectivity index (χ0) is 14.4. The summed E-state index contributed by atoms with van der Waals surface area (Å²) in [5.41, 5.74) is 2.97. The number of nitrogens with one attached hydrogen (secondary N) is 1. The second-order valence-corrected chi connectivity index (χ2v) is 4.43. The van der Waals surface area contributed by atoms with Gasteiger partial charge in [-0.1, -0.05) is 24.3 Å². The molecule has 3 nitrogen and oxygen atoms in total. The lowest BCUT2D eigenvalue weighted by molar-refractivity contribution is 0.263. The van der Waals surface area contributed by atoms with Crippen LogP contribution in [0.15, 0.2) is 48.5 Å². The van der Waals surface area contributed by atoms with E-state index >= 15 is 0 Å². The fraction of sp³-hybridized carbons (Fsp3) is 0.200. The molecule has 3 N–H and O–H groups in total. The lowest BCUT2D eigenvalue weighted by Gasteiger charge is -2.17. The van der Waals surface area contributed by atoms with Crippen LogP contribution in [0.3, 0.4) is 0 Å². The van der Waals surface area contributed by atoms with E-state index in [9.17, 15) is 8.78 Å². The fourth-order valence-electron chi connectivity index (χ4n) is 1.83. The van der Waals surface area contributed by atoms with Crippen LogP contribution in [0.25, 0.3) is 0 Å². The largest absolute Gasteiger partial charge is 0.492 e. The van der Waals surface area contributed by atoms with Crippen molar-refractivity contribution in [2.24, 2.45) is 5.84 Å². The van der Waals surface area contributed by atoms with Gasteiger partial charge in [-0.2, -0.15) is 0 Å². The summed E-state index contributed by atoms with van der Waals surface area (Å²) >= 11 is 0. The van der Waals surface area contributed by atoms with E-state index < -0.39 is 11.6 Å². The molecule has 1 atom stereocenters. The molecule has 2 aromatic carbocycles. The molecule has 20 heavy (non-hydrogen) atoms. The third kappa shape index (κ3) is 4.01. The number of hydrazine groups is 1. The van der Waals surface area contributed by atoms with Gasteiger partial charge in [-0.3, -0.25) is 11.3 Å². The minimum absolute atomic E-state index is 0.268. The van der Waals surface area contributed by atoms with Crippen molar-refractivity contribution in [3.8, 4) is 5.75 Å². The van der Waals surface area contributed by atoms with Gasteiger partial charge in [0.2, 0.25) is 0 Å². The first-order valence-corrected chi connectivity index (χ1v) is 6.27. The number of hydrogen-bond donors (Lipinski definition) is 2. The maximum absolute atomic E-state index is 13.6. The molecule has 0 aromatic heterocycles. The zero-order valence-corrected chi connectivity index (χ0v) is 10.9.